The fourth-order valence-corrected chi connectivity index (χ4v) is 2.35. The number of hydrogen-bond donors (Lipinski definition) is 1. The highest BCUT2D eigenvalue weighted by Crippen LogP contribution is 2.25. The first-order valence-electron chi connectivity index (χ1n) is 6.49. The summed E-state index contributed by atoms with van der Waals surface area (Å²) in [5.74, 6) is 0.929. The fraction of sp³-hybridized carbons (Fsp3) is 0.176. The Hall–Kier alpha value is -2.22. The van der Waals surface area contributed by atoms with E-state index in [0.717, 1.165) is 16.7 Å². The van der Waals surface area contributed by atoms with Crippen LogP contribution in [0.5, 0.6) is 5.75 Å². The zero-order valence-electron chi connectivity index (χ0n) is 11.2. The third-order valence-corrected chi connectivity index (χ3v) is 3.44. The molecule has 0 fully saturated rings. The highest BCUT2D eigenvalue weighted by Gasteiger charge is 2.04. The van der Waals surface area contributed by atoms with E-state index < -0.39 is 0 Å². The van der Waals surface area contributed by atoms with Crippen molar-refractivity contribution < 1.29 is 4.74 Å². The molecular formula is C17H17NO. The smallest absolute Gasteiger partial charge is 0.129 e. The molecule has 0 unspecified atom stereocenters. The van der Waals surface area contributed by atoms with Gasteiger partial charge in [-0.15, -0.1) is 0 Å². The molecule has 1 aromatic heterocycles. The standard InChI is InChI=1S/C17H17NO/c1-12-6-7-14(13(2)10-12)11-19-17-5-3-4-16-15(17)8-9-18-16/h3-10,18H,11H2,1-2H3. The van der Waals surface area contributed by atoms with Crippen molar-refractivity contribution in [3.05, 3.63) is 65.4 Å². The van der Waals surface area contributed by atoms with Crippen molar-refractivity contribution in [2.75, 3.05) is 0 Å². The minimum Gasteiger partial charge on any atom is -0.488 e. The van der Waals surface area contributed by atoms with Crippen molar-refractivity contribution in [2.45, 2.75) is 20.5 Å². The molecule has 0 amide bonds. The summed E-state index contributed by atoms with van der Waals surface area (Å²) in [7, 11) is 0. The van der Waals surface area contributed by atoms with E-state index in [0.29, 0.717) is 6.61 Å². The Labute approximate surface area is 113 Å². The van der Waals surface area contributed by atoms with E-state index in [2.05, 4.69) is 43.1 Å². The first kappa shape index (κ1) is 11.8. The Morgan fingerprint density at radius 1 is 1.05 bits per heavy atom. The zero-order valence-corrected chi connectivity index (χ0v) is 11.2. The number of aromatic nitrogens is 1. The second kappa shape index (κ2) is 4.81. The van der Waals surface area contributed by atoms with Crippen LogP contribution < -0.4 is 4.74 Å². The van der Waals surface area contributed by atoms with Gasteiger partial charge in [0.2, 0.25) is 0 Å². The molecule has 0 saturated carbocycles. The van der Waals surface area contributed by atoms with Gasteiger partial charge in [-0.3, -0.25) is 0 Å². The summed E-state index contributed by atoms with van der Waals surface area (Å²) in [5.41, 5.74) is 4.91. The highest BCUT2D eigenvalue weighted by molar-refractivity contribution is 5.85. The Kier molecular flexibility index (Phi) is 3.00. The second-order valence-electron chi connectivity index (χ2n) is 4.91. The minimum atomic E-state index is 0.608. The molecule has 2 aromatic carbocycles. The summed E-state index contributed by atoms with van der Waals surface area (Å²) in [6.45, 7) is 4.84. The predicted octanol–water partition coefficient (Wildman–Crippen LogP) is 4.36. The molecule has 1 heterocycles. The average Bonchev–Trinajstić information content (AvgIpc) is 2.86. The topological polar surface area (TPSA) is 25.0 Å². The summed E-state index contributed by atoms with van der Waals surface area (Å²) >= 11 is 0. The normalized spacial score (nSPS) is 10.8. The van der Waals surface area contributed by atoms with Gasteiger partial charge in [-0.1, -0.05) is 29.8 Å². The first-order chi connectivity index (χ1) is 9.24. The zero-order chi connectivity index (χ0) is 13.2. The molecule has 0 aliphatic carbocycles. The van der Waals surface area contributed by atoms with Crippen molar-refractivity contribution in [3.8, 4) is 5.75 Å². The number of aromatic amines is 1. The molecule has 96 valence electrons. The van der Waals surface area contributed by atoms with E-state index in [-0.39, 0.29) is 0 Å². The van der Waals surface area contributed by atoms with E-state index in [1.807, 2.05) is 24.4 Å². The summed E-state index contributed by atoms with van der Waals surface area (Å²) in [6.07, 6.45) is 1.94. The molecule has 0 bridgehead atoms. The molecule has 0 spiro atoms. The number of ether oxygens (including phenoxy) is 1. The van der Waals surface area contributed by atoms with Gasteiger partial charge < -0.3 is 9.72 Å². The summed E-state index contributed by atoms with van der Waals surface area (Å²) in [6, 6.07) is 14.6. The second-order valence-corrected chi connectivity index (χ2v) is 4.91. The first-order valence-corrected chi connectivity index (χ1v) is 6.49. The number of hydrogen-bond acceptors (Lipinski definition) is 1. The number of rotatable bonds is 3. The number of benzene rings is 2. The van der Waals surface area contributed by atoms with Crippen LogP contribution in [0.4, 0.5) is 0 Å². The largest absolute Gasteiger partial charge is 0.488 e. The molecule has 1 N–H and O–H groups in total. The van der Waals surface area contributed by atoms with E-state index in [4.69, 9.17) is 4.74 Å². The van der Waals surface area contributed by atoms with Gasteiger partial charge in [-0.2, -0.15) is 0 Å². The quantitative estimate of drug-likeness (QED) is 0.735. The van der Waals surface area contributed by atoms with Crippen LogP contribution in [0.15, 0.2) is 48.7 Å². The Bertz CT molecular complexity index is 712. The molecule has 2 nitrogen and oxygen atoms in total. The third kappa shape index (κ3) is 2.34. The number of nitrogens with one attached hydrogen (secondary N) is 1. The highest BCUT2D eigenvalue weighted by atomic mass is 16.5. The monoisotopic (exact) mass is 251 g/mol. The lowest BCUT2D eigenvalue weighted by Gasteiger charge is -2.10. The van der Waals surface area contributed by atoms with Gasteiger partial charge in [0.15, 0.2) is 0 Å². The Balaban J connectivity index is 1.84. The molecule has 0 saturated heterocycles. The van der Waals surface area contributed by atoms with Gasteiger partial charge in [0.05, 0.1) is 0 Å². The SMILES string of the molecule is Cc1ccc(COc2cccc3[nH]ccc23)c(C)c1. The predicted molar refractivity (Wildman–Crippen MR) is 78.5 cm³/mol. The van der Waals surface area contributed by atoms with Crippen molar-refractivity contribution >= 4 is 10.9 Å². The lowest BCUT2D eigenvalue weighted by atomic mass is 10.1. The van der Waals surface area contributed by atoms with Crippen LogP contribution in [0.1, 0.15) is 16.7 Å². The maximum atomic E-state index is 5.96. The van der Waals surface area contributed by atoms with Crippen LogP contribution in [0.2, 0.25) is 0 Å². The molecule has 19 heavy (non-hydrogen) atoms. The molecule has 3 aromatic rings. The van der Waals surface area contributed by atoms with E-state index >= 15 is 0 Å². The number of fused-ring (bicyclic) bond motifs is 1. The van der Waals surface area contributed by atoms with Gasteiger partial charge >= 0.3 is 0 Å². The molecule has 0 aliphatic rings. The molecule has 0 atom stereocenters. The average molecular weight is 251 g/mol. The Morgan fingerprint density at radius 3 is 2.79 bits per heavy atom. The van der Waals surface area contributed by atoms with Crippen molar-refractivity contribution in [3.63, 3.8) is 0 Å². The van der Waals surface area contributed by atoms with E-state index in [1.165, 1.54) is 16.7 Å². The molecule has 3 rings (SSSR count). The van der Waals surface area contributed by atoms with Gasteiger partial charge in [-0.05, 0) is 43.2 Å². The lowest BCUT2D eigenvalue weighted by molar-refractivity contribution is 0.309. The van der Waals surface area contributed by atoms with Crippen LogP contribution in [-0.4, -0.2) is 4.98 Å². The van der Waals surface area contributed by atoms with E-state index in [9.17, 15) is 0 Å². The van der Waals surface area contributed by atoms with Crippen LogP contribution in [0.25, 0.3) is 10.9 Å². The summed E-state index contributed by atoms with van der Waals surface area (Å²) in [5, 5.41) is 1.13. The van der Waals surface area contributed by atoms with Crippen LogP contribution in [0.3, 0.4) is 0 Å². The summed E-state index contributed by atoms with van der Waals surface area (Å²) < 4.78 is 5.96. The van der Waals surface area contributed by atoms with Gasteiger partial charge in [0.1, 0.15) is 12.4 Å². The van der Waals surface area contributed by atoms with Gasteiger partial charge in [-0.25, -0.2) is 0 Å². The molecular weight excluding hydrogens is 234 g/mol. The molecule has 0 aliphatic heterocycles. The number of H-pyrrole nitrogens is 1. The van der Waals surface area contributed by atoms with Crippen molar-refractivity contribution in [1.29, 1.82) is 0 Å². The maximum Gasteiger partial charge on any atom is 0.129 e. The minimum absolute atomic E-state index is 0.608. The van der Waals surface area contributed by atoms with Crippen LogP contribution >= 0.6 is 0 Å². The van der Waals surface area contributed by atoms with Gasteiger partial charge in [0.25, 0.3) is 0 Å². The van der Waals surface area contributed by atoms with Gasteiger partial charge in [0, 0.05) is 17.1 Å². The maximum absolute atomic E-state index is 5.96. The Morgan fingerprint density at radius 2 is 1.95 bits per heavy atom. The van der Waals surface area contributed by atoms with E-state index in [1.54, 1.807) is 0 Å². The number of aryl methyl sites for hydroxylation is 2. The lowest BCUT2D eigenvalue weighted by Crippen LogP contribution is -1.98. The molecule has 0 radical (unpaired) electrons. The van der Waals surface area contributed by atoms with Crippen LogP contribution in [0, 0.1) is 13.8 Å². The van der Waals surface area contributed by atoms with Crippen molar-refractivity contribution in [2.24, 2.45) is 0 Å². The summed E-state index contributed by atoms with van der Waals surface area (Å²) in [4.78, 5) is 3.20. The molecule has 2 heteroatoms. The van der Waals surface area contributed by atoms with Crippen molar-refractivity contribution in [1.82, 2.24) is 4.98 Å². The van der Waals surface area contributed by atoms with Crippen LogP contribution in [-0.2, 0) is 6.61 Å². The third-order valence-electron chi connectivity index (χ3n) is 3.44. The fourth-order valence-electron chi connectivity index (χ4n) is 2.35.